The summed E-state index contributed by atoms with van der Waals surface area (Å²) < 4.78 is 4.61. The van der Waals surface area contributed by atoms with Crippen LogP contribution in [0, 0.1) is 0 Å². The second-order valence-corrected chi connectivity index (χ2v) is 3.97. The Morgan fingerprint density at radius 1 is 1.41 bits per heavy atom. The van der Waals surface area contributed by atoms with Gasteiger partial charge >= 0.3 is 5.97 Å². The van der Waals surface area contributed by atoms with Crippen LogP contribution in [0.4, 0.5) is 5.69 Å². The molecule has 1 N–H and O–H groups in total. The predicted octanol–water partition coefficient (Wildman–Crippen LogP) is 2.52. The first-order chi connectivity index (χ1) is 8.04. The maximum Gasteiger partial charge on any atom is 0.337 e. The van der Waals surface area contributed by atoms with E-state index in [0.29, 0.717) is 29.2 Å². The van der Waals surface area contributed by atoms with Crippen molar-refractivity contribution in [2.24, 2.45) is 0 Å². The lowest BCUT2D eigenvalue weighted by Crippen LogP contribution is -2.08. The summed E-state index contributed by atoms with van der Waals surface area (Å²) in [4.78, 5) is 22.1. The lowest BCUT2D eigenvalue weighted by Gasteiger charge is -2.08. The second kappa shape index (κ2) is 6.25. The molecule has 0 fully saturated rings. The van der Waals surface area contributed by atoms with Gasteiger partial charge in [0.2, 0.25) is 0 Å². The third-order valence-corrected chi connectivity index (χ3v) is 2.51. The molecule has 0 spiro atoms. The predicted molar refractivity (Wildman–Crippen MR) is 66.6 cm³/mol. The van der Waals surface area contributed by atoms with Crippen LogP contribution in [0.5, 0.6) is 0 Å². The molecule has 17 heavy (non-hydrogen) atoms. The van der Waals surface area contributed by atoms with Crippen LogP contribution < -0.4 is 5.32 Å². The highest BCUT2D eigenvalue weighted by molar-refractivity contribution is 6.33. The Bertz CT molecular complexity index is 432. The zero-order valence-electron chi connectivity index (χ0n) is 9.75. The number of hydrogen-bond donors (Lipinski definition) is 1. The molecule has 0 saturated carbocycles. The number of esters is 1. The molecule has 0 amide bonds. The summed E-state index contributed by atoms with van der Waals surface area (Å²) in [6.07, 6.45) is 0.415. The number of hydrogen-bond acceptors (Lipinski definition) is 4. The molecule has 4 nitrogen and oxygen atoms in total. The fourth-order valence-corrected chi connectivity index (χ4v) is 1.46. The van der Waals surface area contributed by atoms with E-state index in [-0.39, 0.29) is 5.78 Å². The minimum Gasteiger partial charge on any atom is -0.465 e. The molecule has 0 heterocycles. The first-order valence-corrected chi connectivity index (χ1v) is 5.53. The van der Waals surface area contributed by atoms with E-state index in [2.05, 4.69) is 10.1 Å². The van der Waals surface area contributed by atoms with Crippen molar-refractivity contribution in [3.05, 3.63) is 28.8 Å². The van der Waals surface area contributed by atoms with Crippen molar-refractivity contribution in [2.75, 3.05) is 19.0 Å². The van der Waals surface area contributed by atoms with E-state index in [9.17, 15) is 9.59 Å². The zero-order valence-corrected chi connectivity index (χ0v) is 10.5. The Hall–Kier alpha value is -1.55. The van der Waals surface area contributed by atoms with Crippen LogP contribution in [0.2, 0.25) is 5.02 Å². The van der Waals surface area contributed by atoms with Gasteiger partial charge in [0.1, 0.15) is 5.78 Å². The zero-order chi connectivity index (χ0) is 12.8. The third-order valence-electron chi connectivity index (χ3n) is 2.18. The Morgan fingerprint density at radius 2 is 2.12 bits per heavy atom. The van der Waals surface area contributed by atoms with Crippen molar-refractivity contribution in [3.63, 3.8) is 0 Å². The molecule has 0 aliphatic rings. The normalized spacial score (nSPS) is 9.82. The number of nitrogens with one attached hydrogen (secondary N) is 1. The number of methoxy groups -OCH3 is 1. The summed E-state index contributed by atoms with van der Waals surface area (Å²) in [5.74, 6) is -0.325. The molecule has 0 aliphatic carbocycles. The van der Waals surface area contributed by atoms with E-state index in [1.54, 1.807) is 18.2 Å². The number of carbonyl (C=O) groups is 2. The Morgan fingerprint density at radius 3 is 2.71 bits per heavy atom. The molecule has 0 aliphatic heterocycles. The molecule has 0 aromatic heterocycles. The van der Waals surface area contributed by atoms with Gasteiger partial charge in [-0.3, -0.25) is 4.79 Å². The summed E-state index contributed by atoms with van der Waals surface area (Å²) in [6, 6.07) is 4.81. The topological polar surface area (TPSA) is 55.4 Å². The van der Waals surface area contributed by atoms with Crippen molar-refractivity contribution >= 4 is 29.0 Å². The lowest BCUT2D eigenvalue weighted by molar-refractivity contribution is -0.116. The number of rotatable bonds is 5. The number of carbonyl (C=O) groups excluding carboxylic acids is 2. The number of ether oxygens (including phenoxy) is 1. The van der Waals surface area contributed by atoms with Crippen molar-refractivity contribution in [1.82, 2.24) is 0 Å². The van der Waals surface area contributed by atoms with Gasteiger partial charge in [0.15, 0.2) is 0 Å². The van der Waals surface area contributed by atoms with Gasteiger partial charge in [-0.05, 0) is 25.1 Å². The lowest BCUT2D eigenvalue weighted by atomic mass is 10.2. The molecule has 1 rings (SSSR count). The standard InChI is InChI=1S/C12H14ClNO3/c1-8(15)5-6-14-11-7-9(12(16)17-2)3-4-10(11)13/h3-4,7,14H,5-6H2,1-2H3. The van der Waals surface area contributed by atoms with Crippen molar-refractivity contribution in [2.45, 2.75) is 13.3 Å². The Kier molecular flexibility index (Phi) is 4.97. The number of benzene rings is 1. The average Bonchev–Trinajstić information content (AvgIpc) is 2.30. The summed E-state index contributed by atoms with van der Waals surface area (Å²) in [7, 11) is 1.32. The van der Waals surface area contributed by atoms with E-state index in [1.165, 1.54) is 14.0 Å². The molecule has 0 saturated heterocycles. The van der Waals surface area contributed by atoms with Gasteiger partial charge < -0.3 is 10.1 Å². The number of halogens is 1. The van der Waals surface area contributed by atoms with Crippen LogP contribution in [0.25, 0.3) is 0 Å². The van der Waals surface area contributed by atoms with Crippen LogP contribution in [-0.4, -0.2) is 25.4 Å². The van der Waals surface area contributed by atoms with E-state index in [1.807, 2.05) is 0 Å². The number of Topliss-reactive ketones (excluding diaryl/α,β-unsaturated/α-hetero) is 1. The summed E-state index contributed by atoms with van der Waals surface area (Å²) in [5, 5.41) is 3.50. The van der Waals surface area contributed by atoms with Crippen LogP contribution in [0.1, 0.15) is 23.7 Å². The fourth-order valence-electron chi connectivity index (χ4n) is 1.28. The molecule has 1 aromatic carbocycles. The molecule has 0 bridgehead atoms. The van der Waals surface area contributed by atoms with E-state index in [0.717, 1.165) is 0 Å². The van der Waals surface area contributed by atoms with Crippen LogP contribution in [0.15, 0.2) is 18.2 Å². The van der Waals surface area contributed by atoms with E-state index < -0.39 is 5.97 Å². The highest BCUT2D eigenvalue weighted by Crippen LogP contribution is 2.23. The number of anilines is 1. The largest absolute Gasteiger partial charge is 0.465 e. The monoisotopic (exact) mass is 255 g/mol. The Balaban J connectivity index is 2.76. The van der Waals surface area contributed by atoms with Crippen molar-refractivity contribution < 1.29 is 14.3 Å². The first kappa shape index (κ1) is 13.5. The Labute approximate surface area is 105 Å². The maximum absolute atomic E-state index is 11.3. The van der Waals surface area contributed by atoms with Gasteiger partial charge in [0.25, 0.3) is 0 Å². The summed E-state index contributed by atoms with van der Waals surface area (Å²) in [5.41, 5.74) is 1.04. The van der Waals surface area contributed by atoms with Gasteiger partial charge in [0, 0.05) is 13.0 Å². The average molecular weight is 256 g/mol. The SMILES string of the molecule is COC(=O)c1ccc(Cl)c(NCCC(C)=O)c1. The highest BCUT2D eigenvalue weighted by Gasteiger charge is 2.08. The minimum atomic E-state index is -0.420. The molecular formula is C12H14ClNO3. The van der Waals surface area contributed by atoms with Gasteiger partial charge in [-0.1, -0.05) is 11.6 Å². The van der Waals surface area contributed by atoms with Crippen molar-refractivity contribution in [3.8, 4) is 0 Å². The molecule has 92 valence electrons. The number of ketones is 1. The van der Waals surface area contributed by atoms with Gasteiger partial charge in [-0.25, -0.2) is 4.79 Å². The molecule has 0 radical (unpaired) electrons. The molecular weight excluding hydrogens is 242 g/mol. The van der Waals surface area contributed by atoms with Crippen LogP contribution in [0.3, 0.4) is 0 Å². The van der Waals surface area contributed by atoms with Gasteiger partial charge in [0.05, 0.1) is 23.4 Å². The quantitative estimate of drug-likeness (QED) is 0.822. The summed E-state index contributed by atoms with van der Waals surface area (Å²) in [6.45, 7) is 2.01. The first-order valence-electron chi connectivity index (χ1n) is 5.15. The third kappa shape index (κ3) is 4.07. The van der Waals surface area contributed by atoms with E-state index >= 15 is 0 Å². The smallest absolute Gasteiger partial charge is 0.337 e. The van der Waals surface area contributed by atoms with Crippen LogP contribution >= 0.6 is 11.6 Å². The molecule has 0 atom stereocenters. The minimum absolute atomic E-state index is 0.0951. The molecule has 5 heteroatoms. The highest BCUT2D eigenvalue weighted by atomic mass is 35.5. The molecule has 1 aromatic rings. The van der Waals surface area contributed by atoms with Gasteiger partial charge in [-0.2, -0.15) is 0 Å². The van der Waals surface area contributed by atoms with Gasteiger partial charge in [-0.15, -0.1) is 0 Å². The van der Waals surface area contributed by atoms with E-state index in [4.69, 9.17) is 11.6 Å². The molecule has 0 unspecified atom stereocenters. The van der Waals surface area contributed by atoms with Crippen molar-refractivity contribution in [1.29, 1.82) is 0 Å². The van der Waals surface area contributed by atoms with Crippen LogP contribution in [-0.2, 0) is 9.53 Å². The second-order valence-electron chi connectivity index (χ2n) is 3.56. The maximum atomic E-state index is 11.3. The fraction of sp³-hybridized carbons (Fsp3) is 0.333. The summed E-state index contributed by atoms with van der Waals surface area (Å²) >= 11 is 5.96.